The molecule has 0 N–H and O–H groups in total. The zero-order valence-corrected chi connectivity index (χ0v) is 9.90. The molecule has 0 aromatic rings. The van der Waals surface area contributed by atoms with E-state index in [1.54, 1.807) is 6.92 Å². The normalized spacial score (nSPS) is 26.0. The molecule has 1 fully saturated rings. The summed E-state index contributed by atoms with van der Waals surface area (Å²) in [5.41, 5.74) is -0.584. The maximum absolute atomic E-state index is 12.0. The van der Waals surface area contributed by atoms with E-state index in [1.165, 1.54) is 0 Å². The maximum Gasteiger partial charge on any atom is 0.395 e. The van der Waals surface area contributed by atoms with E-state index in [0.717, 1.165) is 12.8 Å². The highest BCUT2D eigenvalue weighted by Crippen LogP contribution is 2.37. The molecule has 0 bridgehead atoms. The van der Waals surface area contributed by atoms with Gasteiger partial charge in [0.05, 0.1) is 0 Å². The third-order valence-electron chi connectivity index (χ3n) is 3.41. The van der Waals surface area contributed by atoms with E-state index in [4.69, 9.17) is 0 Å². The van der Waals surface area contributed by atoms with Crippen LogP contribution in [-0.2, 0) is 9.59 Å². The lowest BCUT2D eigenvalue weighted by atomic mass is 9.71. The molecule has 5 heteroatoms. The van der Waals surface area contributed by atoms with Crippen molar-refractivity contribution in [3.05, 3.63) is 0 Å². The van der Waals surface area contributed by atoms with Crippen molar-refractivity contribution in [2.45, 2.75) is 58.0 Å². The lowest BCUT2D eigenvalue weighted by Crippen LogP contribution is -2.32. The minimum atomic E-state index is -4.44. The summed E-state index contributed by atoms with van der Waals surface area (Å²) in [7, 11) is 0. The first kappa shape index (κ1) is 14.2. The minimum absolute atomic E-state index is 0.0866. The van der Waals surface area contributed by atoms with Crippen molar-refractivity contribution in [3.63, 3.8) is 0 Å². The van der Waals surface area contributed by atoms with Crippen LogP contribution in [0.2, 0.25) is 0 Å². The van der Waals surface area contributed by atoms with E-state index in [1.807, 2.05) is 0 Å². The molecule has 0 heterocycles. The van der Waals surface area contributed by atoms with Gasteiger partial charge in [-0.15, -0.1) is 0 Å². The smallest absolute Gasteiger partial charge is 0.299 e. The molecule has 0 aromatic carbocycles. The molecular formula is C12H17F3O2. The van der Waals surface area contributed by atoms with Crippen molar-refractivity contribution in [2.24, 2.45) is 5.41 Å². The minimum Gasteiger partial charge on any atom is -0.299 e. The molecule has 1 rings (SSSR count). The van der Waals surface area contributed by atoms with Crippen molar-refractivity contribution in [1.82, 2.24) is 0 Å². The van der Waals surface area contributed by atoms with Gasteiger partial charge in [-0.1, -0.05) is 13.3 Å². The molecule has 0 radical (unpaired) electrons. The van der Waals surface area contributed by atoms with Gasteiger partial charge in [-0.2, -0.15) is 13.2 Å². The molecule has 98 valence electrons. The Balaban J connectivity index is 2.44. The summed E-state index contributed by atoms with van der Waals surface area (Å²) in [5.74, 6) is -0.736. The highest BCUT2D eigenvalue weighted by Gasteiger charge is 2.36. The van der Waals surface area contributed by atoms with E-state index >= 15 is 0 Å². The van der Waals surface area contributed by atoms with Crippen molar-refractivity contribution in [1.29, 1.82) is 0 Å². The zero-order valence-electron chi connectivity index (χ0n) is 9.90. The number of hydrogen-bond donors (Lipinski definition) is 0. The Morgan fingerprint density at radius 1 is 1.35 bits per heavy atom. The summed E-state index contributed by atoms with van der Waals surface area (Å²) in [6, 6.07) is 0. The molecule has 0 amide bonds. The molecule has 1 aliphatic carbocycles. The lowest BCUT2D eigenvalue weighted by Gasteiger charge is -2.31. The van der Waals surface area contributed by atoms with E-state index < -0.39 is 23.8 Å². The molecule has 1 unspecified atom stereocenters. The molecule has 17 heavy (non-hydrogen) atoms. The molecule has 0 aliphatic heterocycles. The average Bonchev–Trinajstić information content (AvgIpc) is 2.18. The zero-order chi connectivity index (χ0) is 13.1. The first-order valence-electron chi connectivity index (χ1n) is 5.85. The van der Waals surface area contributed by atoms with Crippen LogP contribution in [0.15, 0.2) is 0 Å². The summed E-state index contributed by atoms with van der Waals surface area (Å²) >= 11 is 0. The second-order valence-corrected chi connectivity index (χ2v) is 5.02. The number of Topliss-reactive ketones (excluding diaryl/α,β-unsaturated/α-hetero) is 2. The third-order valence-corrected chi connectivity index (χ3v) is 3.41. The fourth-order valence-electron chi connectivity index (χ4n) is 2.23. The monoisotopic (exact) mass is 250 g/mol. The number of carbonyl (C=O) groups is 2. The van der Waals surface area contributed by atoms with Gasteiger partial charge in [0, 0.05) is 18.3 Å². The number of rotatable bonds is 4. The second kappa shape index (κ2) is 5.19. The van der Waals surface area contributed by atoms with Gasteiger partial charge in [-0.3, -0.25) is 9.59 Å². The Hall–Kier alpha value is -0.870. The Morgan fingerprint density at radius 3 is 2.53 bits per heavy atom. The van der Waals surface area contributed by atoms with Crippen LogP contribution in [0.3, 0.4) is 0 Å². The van der Waals surface area contributed by atoms with Crippen LogP contribution in [-0.4, -0.2) is 17.7 Å². The summed E-state index contributed by atoms with van der Waals surface area (Å²) < 4.78 is 35.9. The predicted octanol–water partition coefficient (Wildman–Crippen LogP) is 3.44. The first-order chi connectivity index (χ1) is 7.73. The van der Waals surface area contributed by atoms with Crippen LogP contribution >= 0.6 is 0 Å². The number of halogens is 3. The summed E-state index contributed by atoms with van der Waals surface area (Å²) in [5, 5.41) is 0. The molecule has 2 nitrogen and oxygen atoms in total. The van der Waals surface area contributed by atoms with Crippen molar-refractivity contribution >= 4 is 11.6 Å². The van der Waals surface area contributed by atoms with Crippen molar-refractivity contribution in [3.8, 4) is 0 Å². The molecule has 0 spiro atoms. The van der Waals surface area contributed by atoms with Crippen molar-refractivity contribution in [2.75, 3.05) is 0 Å². The molecule has 1 saturated carbocycles. The Bertz CT molecular complexity index is 309. The topological polar surface area (TPSA) is 34.1 Å². The van der Waals surface area contributed by atoms with Gasteiger partial charge >= 0.3 is 6.18 Å². The standard InChI is InChI=1S/C12H17F3O2/c1-11(6-3-2-4-10(11)17)7-5-9(16)8-12(13,14)15/h2-8H2,1H3. The average molecular weight is 250 g/mol. The lowest BCUT2D eigenvalue weighted by molar-refractivity contribution is -0.152. The largest absolute Gasteiger partial charge is 0.395 e. The highest BCUT2D eigenvalue weighted by molar-refractivity contribution is 5.86. The molecule has 0 aromatic heterocycles. The molecule has 0 saturated heterocycles. The fraction of sp³-hybridized carbons (Fsp3) is 0.833. The van der Waals surface area contributed by atoms with Gasteiger partial charge in [0.2, 0.25) is 0 Å². The second-order valence-electron chi connectivity index (χ2n) is 5.02. The SMILES string of the molecule is CC1(CCC(=O)CC(F)(F)F)CCCCC1=O. The highest BCUT2D eigenvalue weighted by atomic mass is 19.4. The van der Waals surface area contributed by atoms with Gasteiger partial charge in [-0.05, 0) is 19.3 Å². The van der Waals surface area contributed by atoms with Crippen LogP contribution in [0.5, 0.6) is 0 Å². The summed E-state index contributed by atoms with van der Waals surface area (Å²) in [6.45, 7) is 1.76. The van der Waals surface area contributed by atoms with E-state index in [9.17, 15) is 22.8 Å². The van der Waals surface area contributed by atoms with Crippen LogP contribution in [0.25, 0.3) is 0 Å². The summed E-state index contributed by atoms with van der Waals surface area (Å²) in [6.07, 6.45) is -2.77. The number of ketones is 2. The Morgan fingerprint density at radius 2 is 2.00 bits per heavy atom. The van der Waals surface area contributed by atoms with Crippen molar-refractivity contribution < 1.29 is 22.8 Å². The predicted molar refractivity (Wildman–Crippen MR) is 56.5 cm³/mol. The van der Waals surface area contributed by atoms with E-state index in [0.29, 0.717) is 12.8 Å². The molecule has 1 aliphatic rings. The van der Waals surface area contributed by atoms with E-state index in [-0.39, 0.29) is 18.6 Å². The summed E-state index contributed by atoms with van der Waals surface area (Å²) in [4.78, 5) is 22.8. The molecule has 1 atom stereocenters. The van der Waals surface area contributed by atoms with Gasteiger partial charge in [0.1, 0.15) is 18.0 Å². The van der Waals surface area contributed by atoms with Gasteiger partial charge in [0.25, 0.3) is 0 Å². The third kappa shape index (κ3) is 4.48. The number of alkyl halides is 3. The Labute approximate surface area is 98.6 Å². The van der Waals surface area contributed by atoms with Crippen LogP contribution in [0.1, 0.15) is 51.9 Å². The fourth-order valence-corrected chi connectivity index (χ4v) is 2.23. The number of carbonyl (C=O) groups excluding carboxylic acids is 2. The van der Waals surface area contributed by atoms with Gasteiger partial charge in [0.15, 0.2) is 0 Å². The van der Waals surface area contributed by atoms with Crippen LogP contribution in [0.4, 0.5) is 13.2 Å². The quantitative estimate of drug-likeness (QED) is 0.766. The Kier molecular flexibility index (Phi) is 4.33. The van der Waals surface area contributed by atoms with Gasteiger partial charge in [-0.25, -0.2) is 0 Å². The van der Waals surface area contributed by atoms with Gasteiger partial charge < -0.3 is 0 Å². The van der Waals surface area contributed by atoms with E-state index in [2.05, 4.69) is 0 Å². The van der Waals surface area contributed by atoms with Crippen LogP contribution in [0, 0.1) is 5.41 Å². The number of hydrogen-bond acceptors (Lipinski definition) is 2. The maximum atomic E-state index is 12.0. The van der Waals surface area contributed by atoms with Crippen LogP contribution < -0.4 is 0 Å². The first-order valence-corrected chi connectivity index (χ1v) is 5.85. The molecular weight excluding hydrogens is 233 g/mol.